The maximum absolute atomic E-state index is 13.2. The lowest BCUT2D eigenvalue weighted by Crippen LogP contribution is -2.22. The number of ether oxygens (including phenoxy) is 1. The highest BCUT2D eigenvalue weighted by Gasteiger charge is 2.16. The maximum atomic E-state index is 13.2. The van der Waals surface area contributed by atoms with E-state index in [1.165, 1.54) is 11.8 Å². The molecule has 6 nitrogen and oxygen atoms in total. The second-order valence-corrected chi connectivity index (χ2v) is 7.07. The van der Waals surface area contributed by atoms with Gasteiger partial charge in [0.1, 0.15) is 5.75 Å². The van der Waals surface area contributed by atoms with Gasteiger partial charge in [-0.25, -0.2) is 4.98 Å². The van der Waals surface area contributed by atoms with Gasteiger partial charge >= 0.3 is 0 Å². The topological polar surface area (TPSA) is 91.7 Å². The molecule has 7 heteroatoms. The summed E-state index contributed by atoms with van der Waals surface area (Å²) >= 11 is 1.35. The SMILES string of the molecule is COc1cccc(-n2c(SC[C@H](C#N)CCC#N)nc3ccccc3c2=O)c1. The van der Waals surface area contributed by atoms with Gasteiger partial charge in [0.05, 0.1) is 41.8 Å². The number of methoxy groups -OCH3 is 1. The first-order chi connectivity index (χ1) is 13.7. The van der Waals surface area contributed by atoms with Crippen LogP contribution in [0.25, 0.3) is 16.6 Å². The molecule has 0 saturated carbocycles. The van der Waals surface area contributed by atoms with Crippen LogP contribution in [-0.4, -0.2) is 22.4 Å². The molecule has 0 spiro atoms. The lowest BCUT2D eigenvalue weighted by Gasteiger charge is -2.15. The summed E-state index contributed by atoms with van der Waals surface area (Å²) in [6.45, 7) is 0. The Balaban J connectivity index is 2.08. The van der Waals surface area contributed by atoms with Crippen LogP contribution < -0.4 is 10.3 Å². The fraction of sp³-hybridized carbons (Fsp3) is 0.238. The van der Waals surface area contributed by atoms with E-state index in [1.54, 1.807) is 29.9 Å². The highest BCUT2D eigenvalue weighted by molar-refractivity contribution is 7.99. The van der Waals surface area contributed by atoms with E-state index < -0.39 is 0 Å². The quantitative estimate of drug-likeness (QED) is 0.448. The Hall–Kier alpha value is -3.29. The van der Waals surface area contributed by atoms with Crippen LogP contribution in [0.5, 0.6) is 5.75 Å². The van der Waals surface area contributed by atoms with Crippen molar-refractivity contribution in [1.82, 2.24) is 9.55 Å². The minimum Gasteiger partial charge on any atom is -0.497 e. The summed E-state index contributed by atoms with van der Waals surface area (Å²) < 4.78 is 6.84. The molecule has 140 valence electrons. The van der Waals surface area contributed by atoms with Crippen molar-refractivity contribution in [2.75, 3.05) is 12.9 Å². The number of nitrogens with zero attached hydrogens (tertiary/aromatic N) is 4. The van der Waals surface area contributed by atoms with Crippen molar-refractivity contribution in [3.63, 3.8) is 0 Å². The van der Waals surface area contributed by atoms with E-state index in [9.17, 15) is 10.1 Å². The molecule has 0 aliphatic rings. The Morgan fingerprint density at radius 3 is 2.79 bits per heavy atom. The van der Waals surface area contributed by atoms with Crippen LogP contribution in [0.2, 0.25) is 0 Å². The number of rotatable bonds is 7. The zero-order chi connectivity index (χ0) is 19.9. The Kier molecular flexibility index (Phi) is 6.31. The van der Waals surface area contributed by atoms with Crippen LogP contribution in [0.4, 0.5) is 0 Å². The minimum atomic E-state index is -0.285. The van der Waals surface area contributed by atoms with Gasteiger partial charge in [0.2, 0.25) is 0 Å². The maximum Gasteiger partial charge on any atom is 0.266 e. The van der Waals surface area contributed by atoms with Gasteiger partial charge in [-0.3, -0.25) is 9.36 Å². The van der Waals surface area contributed by atoms with Crippen molar-refractivity contribution in [1.29, 1.82) is 10.5 Å². The molecule has 0 aliphatic heterocycles. The summed E-state index contributed by atoms with van der Waals surface area (Å²) in [6.07, 6.45) is 0.823. The van der Waals surface area contributed by atoms with Gasteiger partial charge in [0.15, 0.2) is 5.16 Å². The number of fused-ring (bicyclic) bond motifs is 1. The van der Waals surface area contributed by atoms with E-state index >= 15 is 0 Å². The fourth-order valence-corrected chi connectivity index (χ4v) is 3.86. The minimum absolute atomic E-state index is 0.174. The van der Waals surface area contributed by atoms with Crippen LogP contribution in [-0.2, 0) is 0 Å². The zero-order valence-corrected chi connectivity index (χ0v) is 16.1. The van der Waals surface area contributed by atoms with E-state index in [0.717, 1.165) is 0 Å². The third-order valence-corrected chi connectivity index (χ3v) is 5.36. The molecule has 0 saturated heterocycles. The first-order valence-corrected chi connectivity index (χ1v) is 9.72. The molecule has 3 aromatic rings. The highest BCUT2D eigenvalue weighted by Crippen LogP contribution is 2.25. The first kappa shape index (κ1) is 19.5. The molecule has 28 heavy (non-hydrogen) atoms. The molecule has 0 bridgehead atoms. The molecule has 0 aliphatic carbocycles. The van der Waals surface area contributed by atoms with Gasteiger partial charge in [-0.05, 0) is 30.7 Å². The van der Waals surface area contributed by atoms with Crippen LogP contribution >= 0.6 is 11.8 Å². The summed E-state index contributed by atoms with van der Waals surface area (Å²) in [5, 5.41) is 19.1. The van der Waals surface area contributed by atoms with E-state index in [-0.39, 0.29) is 11.5 Å². The third kappa shape index (κ3) is 4.16. The third-order valence-electron chi connectivity index (χ3n) is 4.26. The number of para-hydroxylation sites is 1. The molecule has 1 atom stereocenters. The monoisotopic (exact) mass is 390 g/mol. The van der Waals surface area contributed by atoms with Gasteiger partial charge in [-0.2, -0.15) is 10.5 Å². The van der Waals surface area contributed by atoms with Crippen molar-refractivity contribution in [2.45, 2.75) is 18.0 Å². The molecular weight excluding hydrogens is 372 g/mol. The molecule has 1 heterocycles. The molecule has 0 fully saturated rings. The number of hydrogen-bond acceptors (Lipinski definition) is 6. The number of aromatic nitrogens is 2. The second kappa shape index (κ2) is 9.07. The molecule has 1 aromatic heterocycles. The Morgan fingerprint density at radius 1 is 1.21 bits per heavy atom. The molecule has 0 unspecified atom stereocenters. The van der Waals surface area contributed by atoms with Gasteiger partial charge in [0, 0.05) is 18.2 Å². The smallest absolute Gasteiger partial charge is 0.266 e. The van der Waals surface area contributed by atoms with Crippen molar-refractivity contribution in [3.05, 3.63) is 58.9 Å². The first-order valence-electron chi connectivity index (χ1n) is 8.73. The van der Waals surface area contributed by atoms with Crippen molar-refractivity contribution in [3.8, 4) is 23.6 Å². The normalized spacial score (nSPS) is 11.5. The molecule has 0 N–H and O–H groups in total. The lowest BCUT2D eigenvalue weighted by atomic mass is 10.1. The fourth-order valence-electron chi connectivity index (χ4n) is 2.79. The molecule has 0 radical (unpaired) electrons. The average Bonchev–Trinajstić information content (AvgIpc) is 2.74. The summed E-state index contributed by atoms with van der Waals surface area (Å²) in [5.74, 6) is 0.802. The van der Waals surface area contributed by atoms with Crippen molar-refractivity contribution < 1.29 is 4.74 Å². The Labute approximate surface area is 167 Å². The predicted molar refractivity (Wildman–Crippen MR) is 109 cm³/mol. The van der Waals surface area contributed by atoms with E-state index in [4.69, 9.17) is 10.00 Å². The standard InChI is InChI=1S/C21H18N4O2S/c1-27-17-8-4-7-16(12-17)25-20(26)18-9-2-3-10-19(18)24-21(25)28-14-15(13-23)6-5-11-22/h2-4,7-10,12,15H,5-6,14H2,1H3/t15-/m0/s1. The largest absolute Gasteiger partial charge is 0.497 e. The summed E-state index contributed by atoms with van der Waals surface area (Å²) in [4.78, 5) is 17.9. The Bertz CT molecular complexity index is 1130. The van der Waals surface area contributed by atoms with Crippen molar-refractivity contribution >= 4 is 22.7 Å². The number of hydrogen-bond donors (Lipinski definition) is 0. The van der Waals surface area contributed by atoms with Gasteiger partial charge in [-0.15, -0.1) is 0 Å². The molecule has 0 amide bonds. The molecular formula is C21H18N4O2S. The van der Waals surface area contributed by atoms with Crippen LogP contribution in [0.3, 0.4) is 0 Å². The predicted octanol–water partition coefficient (Wildman–Crippen LogP) is 3.93. The number of nitriles is 2. The van der Waals surface area contributed by atoms with E-state index in [1.807, 2.05) is 30.3 Å². The van der Waals surface area contributed by atoms with Crippen molar-refractivity contribution in [2.24, 2.45) is 5.92 Å². The highest BCUT2D eigenvalue weighted by atomic mass is 32.2. The van der Waals surface area contributed by atoms with Gasteiger partial charge < -0.3 is 4.74 Å². The van der Waals surface area contributed by atoms with Crippen LogP contribution in [0.1, 0.15) is 12.8 Å². The summed E-state index contributed by atoms with van der Waals surface area (Å²) in [5.41, 5.74) is 1.09. The summed E-state index contributed by atoms with van der Waals surface area (Å²) in [6, 6.07) is 18.7. The Morgan fingerprint density at radius 2 is 2.04 bits per heavy atom. The van der Waals surface area contributed by atoms with Gasteiger partial charge in [0.25, 0.3) is 5.56 Å². The lowest BCUT2D eigenvalue weighted by molar-refractivity contribution is 0.414. The molecule has 3 rings (SSSR count). The van der Waals surface area contributed by atoms with E-state index in [2.05, 4.69) is 17.1 Å². The zero-order valence-electron chi connectivity index (χ0n) is 15.3. The molecule has 2 aromatic carbocycles. The number of benzene rings is 2. The average molecular weight is 390 g/mol. The summed E-state index contributed by atoms with van der Waals surface area (Å²) in [7, 11) is 1.57. The van der Waals surface area contributed by atoms with E-state index in [0.29, 0.717) is 46.1 Å². The van der Waals surface area contributed by atoms with Gasteiger partial charge in [-0.1, -0.05) is 30.0 Å². The second-order valence-electron chi connectivity index (χ2n) is 6.09. The number of thioether (sulfide) groups is 1. The van der Waals surface area contributed by atoms with Crippen LogP contribution in [0.15, 0.2) is 58.5 Å². The van der Waals surface area contributed by atoms with Crippen LogP contribution in [0, 0.1) is 28.6 Å².